The van der Waals surface area contributed by atoms with Gasteiger partial charge < -0.3 is 19.9 Å². The lowest BCUT2D eigenvalue weighted by Gasteiger charge is -2.12. The summed E-state index contributed by atoms with van der Waals surface area (Å²) in [6.07, 6.45) is 1.23. The maximum atomic E-state index is 11.1. The lowest BCUT2D eigenvalue weighted by Crippen LogP contribution is -2.39. The summed E-state index contributed by atoms with van der Waals surface area (Å²) in [6.45, 7) is 1.26. The van der Waals surface area contributed by atoms with Crippen molar-refractivity contribution in [3.05, 3.63) is 28.3 Å². The maximum Gasteiger partial charge on any atom is 0.326 e. The Morgan fingerprint density at radius 2 is 2.20 bits per heavy atom. The van der Waals surface area contributed by atoms with Gasteiger partial charge in [0.15, 0.2) is 5.75 Å². The van der Waals surface area contributed by atoms with E-state index < -0.39 is 29.1 Å². The normalized spacial score (nSPS) is 11.8. The molecule has 20 heavy (non-hydrogen) atoms. The Morgan fingerprint density at radius 3 is 2.75 bits per heavy atom. The average Bonchev–Trinajstić information content (AvgIpc) is 2.36. The van der Waals surface area contributed by atoms with Crippen LogP contribution in [0.3, 0.4) is 0 Å². The highest BCUT2D eigenvalue weighted by molar-refractivity contribution is 7.98. The van der Waals surface area contributed by atoms with Crippen LogP contribution in [-0.4, -0.2) is 33.9 Å². The van der Waals surface area contributed by atoms with Crippen LogP contribution in [0.4, 0.5) is 0 Å². The molecule has 110 valence electrons. The summed E-state index contributed by atoms with van der Waals surface area (Å²) in [5, 5.41) is 20.2. The summed E-state index contributed by atoms with van der Waals surface area (Å²) in [7, 11) is 0. The van der Waals surface area contributed by atoms with Gasteiger partial charge in [0.25, 0.3) is 0 Å². The Labute approximate surface area is 119 Å². The molecule has 0 saturated carbocycles. The highest BCUT2D eigenvalue weighted by Crippen LogP contribution is 2.14. The molecule has 3 N–H and O–H groups in total. The number of hydrogen-bond donors (Lipinski definition) is 3. The predicted molar refractivity (Wildman–Crippen MR) is 72.7 cm³/mol. The zero-order chi connectivity index (χ0) is 15.1. The van der Waals surface area contributed by atoms with Crippen molar-refractivity contribution in [3.8, 4) is 5.75 Å². The van der Waals surface area contributed by atoms with Crippen LogP contribution in [0.2, 0.25) is 0 Å². The molecule has 0 radical (unpaired) electrons. The second-order valence-electron chi connectivity index (χ2n) is 4.03. The zero-order valence-corrected chi connectivity index (χ0v) is 11.6. The largest absolute Gasteiger partial charge is 0.502 e. The first-order valence-corrected chi connectivity index (χ1v) is 6.94. The molecule has 0 spiro atoms. The van der Waals surface area contributed by atoms with E-state index in [0.717, 1.165) is 6.26 Å². The average molecular weight is 301 g/mol. The number of thioether (sulfide) groups is 1. The summed E-state index contributed by atoms with van der Waals surface area (Å²) >= 11 is 1.36. The molecule has 1 heterocycles. The smallest absolute Gasteiger partial charge is 0.326 e. The van der Waals surface area contributed by atoms with E-state index in [4.69, 9.17) is 14.6 Å². The third kappa shape index (κ3) is 5.35. The molecular formula is C12H15NO6S. The molecule has 0 aromatic carbocycles. The van der Waals surface area contributed by atoms with Gasteiger partial charge in [0.2, 0.25) is 11.3 Å². The highest BCUT2D eigenvalue weighted by atomic mass is 32.2. The molecule has 0 aliphatic heterocycles. The predicted octanol–water partition coefficient (Wildman–Crippen LogP) is 0.558. The minimum absolute atomic E-state index is 0.266. The van der Waals surface area contributed by atoms with Crippen LogP contribution >= 0.6 is 11.8 Å². The van der Waals surface area contributed by atoms with E-state index in [1.807, 2.05) is 0 Å². The fourth-order valence-corrected chi connectivity index (χ4v) is 2.30. The van der Waals surface area contributed by atoms with E-state index >= 15 is 0 Å². The number of aromatic hydroxyl groups is 1. The third-order valence-corrected chi connectivity index (χ3v) is 3.35. The van der Waals surface area contributed by atoms with Gasteiger partial charge in [-0.05, 0) is 12.2 Å². The van der Waals surface area contributed by atoms with Crippen molar-refractivity contribution >= 4 is 23.6 Å². The molecule has 0 aliphatic rings. The zero-order valence-electron chi connectivity index (χ0n) is 10.8. The van der Waals surface area contributed by atoms with E-state index in [0.29, 0.717) is 17.3 Å². The van der Waals surface area contributed by atoms with Gasteiger partial charge in [0.1, 0.15) is 18.1 Å². The summed E-state index contributed by atoms with van der Waals surface area (Å²) in [5.74, 6) is -0.688. The Bertz CT molecular complexity index is 541. The minimum atomic E-state index is -1.09. The van der Waals surface area contributed by atoms with Gasteiger partial charge in [0, 0.05) is 13.0 Å². The molecule has 1 rings (SSSR count). The van der Waals surface area contributed by atoms with Crippen molar-refractivity contribution in [2.45, 2.75) is 25.1 Å². The van der Waals surface area contributed by atoms with Gasteiger partial charge in [-0.3, -0.25) is 9.59 Å². The molecule has 7 nitrogen and oxygen atoms in total. The molecule has 1 aromatic rings. The van der Waals surface area contributed by atoms with E-state index in [-0.39, 0.29) is 6.42 Å². The number of aliphatic carboxylic acids is 1. The maximum absolute atomic E-state index is 11.1. The number of hydrogen-bond acceptors (Lipinski definition) is 6. The van der Waals surface area contributed by atoms with E-state index in [9.17, 15) is 14.4 Å². The molecule has 0 aliphatic carbocycles. The van der Waals surface area contributed by atoms with Crippen molar-refractivity contribution in [1.29, 1.82) is 0 Å². The molecule has 0 bridgehead atoms. The van der Waals surface area contributed by atoms with Crippen LogP contribution in [-0.2, 0) is 15.3 Å². The number of rotatable bonds is 7. The fraction of sp³-hybridized carbons (Fsp3) is 0.417. The van der Waals surface area contributed by atoms with Crippen molar-refractivity contribution in [3.63, 3.8) is 0 Å². The lowest BCUT2D eigenvalue weighted by molar-refractivity contribution is -0.141. The fourth-order valence-electron chi connectivity index (χ4n) is 1.40. The molecule has 1 unspecified atom stereocenters. The molecule has 1 aromatic heterocycles. The van der Waals surface area contributed by atoms with Gasteiger partial charge >= 0.3 is 5.97 Å². The van der Waals surface area contributed by atoms with Crippen molar-refractivity contribution in [2.24, 2.45) is 0 Å². The molecule has 8 heteroatoms. The third-order valence-electron chi connectivity index (χ3n) is 2.34. The molecular weight excluding hydrogens is 286 g/mol. The monoisotopic (exact) mass is 301 g/mol. The Morgan fingerprint density at radius 1 is 1.50 bits per heavy atom. The Balaban J connectivity index is 2.39. The quantitative estimate of drug-likeness (QED) is 0.630. The van der Waals surface area contributed by atoms with Gasteiger partial charge in [0.05, 0.1) is 5.75 Å². The topological polar surface area (TPSA) is 117 Å². The number of carboxylic acid groups (broad SMARTS) is 1. The summed E-state index contributed by atoms with van der Waals surface area (Å²) in [4.78, 5) is 32.8. The summed E-state index contributed by atoms with van der Waals surface area (Å²) in [5.41, 5.74) is -0.520. The second kappa shape index (κ2) is 7.59. The number of amides is 1. The lowest BCUT2D eigenvalue weighted by atomic mass is 10.2. The standard InChI is InChI=1S/C12H15NO6S/c1-7(14)13-9(12(17)18)2-3-20-6-8-4-10(15)11(16)5-19-8/h4-5,9,16H,2-3,6H2,1H3,(H,13,14)(H,17,18). The Hall–Kier alpha value is -1.96. The van der Waals surface area contributed by atoms with Crippen LogP contribution in [0.15, 0.2) is 21.5 Å². The van der Waals surface area contributed by atoms with E-state index in [1.165, 1.54) is 24.8 Å². The summed E-state index contributed by atoms with van der Waals surface area (Å²) < 4.78 is 5.00. The van der Waals surface area contributed by atoms with Crippen LogP contribution in [0, 0.1) is 0 Å². The van der Waals surface area contributed by atoms with Crippen molar-refractivity contribution < 1.29 is 24.2 Å². The first kappa shape index (κ1) is 16.1. The number of carbonyl (C=O) groups is 2. The van der Waals surface area contributed by atoms with Gasteiger partial charge in [-0.15, -0.1) is 0 Å². The van der Waals surface area contributed by atoms with Crippen LogP contribution in [0.5, 0.6) is 5.75 Å². The first-order valence-electron chi connectivity index (χ1n) is 5.78. The highest BCUT2D eigenvalue weighted by Gasteiger charge is 2.17. The second-order valence-corrected chi connectivity index (χ2v) is 5.13. The van der Waals surface area contributed by atoms with E-state index in [2.05, 4.69) is 5.32 Å². The van der Waals surface area contributed by atoms with Crippen LogP contribution in [0.25, 0.3) is 0 Å². The number of carbonyl (C=O) groups excluding carboxylic acids is 1. The van der Waals surface area contributed by atoms with Gasteiger partial charge in [-0.1, -0.05) is 0 Å². The summed E-state index contributed by atoms with van der Waals surface area (Å²) in [6, 6.07) is 0.261. The number of carboxylic acids is 1. The molecule has 0 saturated heterocycles. The van der Waals surface area contributed by atoms with Crippen molar-refractivity contribution in [2.75, 3.05) is 5.75 Å². The molecule has 1 amide bonds. The molecule has 1 atom stereocenters. The number of nitrogens with one attached hydrogen (secondary N) is 1. The van der Waals surface area contributed by atoms with E-state index in [1.54, 1.807) is 0 Å². The first-order chi connectivity index (χ1) is 9.40. The van der Waals surface area contributed by atoms with Crippen molar-refractivity contribution in [1.82, 2.24) is 5.32 Å². The van der Waals surface area contributed by atoms with Gasteiger partial charge in [-0.2, -0.15) is 11.8 Å². The van der Waals surface area contributed by atoms with Crippen LogP contribution in [0.1, 0.15) is 19.1 Å². The Kier molecular flexibility index (Phi) is 6.10. The molecule has 0 fully saturated rings. The minimum Gasteiger partial charge on any atom is -0.502 e. The van der Waals surface area contributed by atoms with Gasteiger partial charge in [-0.25, -0.2) is 4.79 Å². The van der Waals surface area contributed by atoms with Crippen LogP contribution < -0.4 is 10.7 Å². The SMILES string of the molecule is CC(=O)NC(CCSCc1cc(=O)c(O)co1)C(=O)O.